The van der Waals surface area contributed by atoms with Gasteiger partial charge in [-0.15, -0.1) is 0 Å². The Balaban J connectivity index is 1.26. The molecule has 0 aromatic rings. The summed E-state index contributed by atoms with van der Waals surface area (Å²) in [6.07, 6.45) is 19.7. The van der Waals surface area contributed by atoms with Crippen LogP contribution in [-0.2, 0) is 9.47 Å². The minimum atomic E-state index is 0.238. The SMILES string of the molecule is CC(CCC1CCCCC1)C(C1CCC2OC2(C)C1)C1CCC2OC2(C)C1. The van der Waals surface area contributed by atoms with Gasteiger partial charge in [-0.05, 0) is 82.0 Å². The van der Waals surface area contributed by atoms with Crippen molar-refractivity contribution in [3.63, 3.8) is 0 Å². The highest BCUT2D eigenvalue weighted by atomic mass is 16.6. The summed E-state index contributed by atoms with van der Waals surface area (Å²) in [4.78, 5) is 0. The standard InChI is InChI=1S/C25H42O2/c1-17(9-10-18-7-5-4-6-8-18)23(19-11-13-21-24(2,15-19)26-21)20-12-14-22-25(3,16-20)27-22/h17-23H,4-16H2,1-3H3. The summed E-state index contributed by atoms with van der Waals surface area (Å²) in [7, 11) is 0. The molecule has 0 aromatic heterocycles. The molecule has 0 amide bonds. The monoisotopic (exact) mass is 374 g/mol. The quantitative estimate of drug-likeness (QED) is 0.495. The lowest BCUT2D eigenvalue weighted by Crippen LogP contribution is -2.38. The van der Waals surface area contributed by atoms with Crippen LogP contribution in [0.1, 0.15) is 104 Å². The van der Waals surface area contributed by atoms with Crippen molar-refractivity contribution in [2.24, 2.45) is 29.6 Å². The maximum atomic E-state index is 6.09. The topological polar surface area (TPSA) is 25.1 Å². The number of fused-ring (bicyclic) bond motifs is 2. The van der Waals surface area contributed by atoms with E-state index < -0.39 is 0 Å². The molecule has 7 atom stereocenters. The molecule has 2 heteroatoms. The van der Waals surface area contributed by atoms with Crippen LogP contribution < -0.4 is 0 Å². The van der Waals surface area contributed by atoms with E-state index >= 15 is 0 Å². The van der Waals surface area contributed by atoms with E-state index in [9.17, 15) is 0 Å². The minimum absolute atomic E-state index is 0.238. The minimum Gasteiger partial charge on any atom is -0.366 e. The Morgan fingerprint density at radius 2 is 1.33 bits per heavy atom. The normalized spacial score (nSPS) is 49.0. The molecule has 0 radical (unpaired) electrons. The highest BCUT2D eigenvalue weighted by molar-refractivity contribution is 5.08. The van der Waals surface area contributed by atoms with Gasteiger partial charge in [0.15, 0.2) is 0 Å². The largest absolute Gasteiger partial charge is 0.366 e. The van der Waals surface area contributed by atoms with E-state index in [2.05, 4.69) is 20.8 Å². The van der Waals surface area contributed by atoms with Crippen LogP contribution >= 0.6 is 0 Å². The summed E-state index contributed by atoms with van der Waals surface area (Å²) in [6.45, 7) is 7.38. The molecular weight excluding hydrogens is 332 g/mol. The smallest absolute Gasteiger partial charge is 0.0923 e. The van der Waals surface area contributed by atoms with Crippen molar-refractivity contribution in [3.05, 3.63) is 0 Å². The van der Waals surface area contributed by atoms with Crippen LogP contribution in [0.3, 0.4) is 0 Å². The van der Waals surface area contributed by atoms with Gasteiger partial charge in [0.2, 0.25) is 0 Å². The van der Waals surface area contributed by atoms with Gasteiger partial charge >= 0.3 is 0 Å². The molecule has 5 fully saturated rings. The van der Waals surface area contributed by atoms with Crippen LogP contribution in [0.25, 0.3) is 0 Å². The second-order valence-electron chi connectivity index (χ2n) is 11.6. The van der Waals surface area contributed by atoms with Crippen molar-refractivity contribution >= 4 is 0 Å². The zero-order chi connectivity index (χ0) is 18.6. The van der Waals surface area contributed by atoms with Crippen LogP contribution in [0.2, 0.25) is 0 Å². The Bertz CT molecular complexity index is 506. The second-order valence-corrected chi connectivity index (χ2v) is 11.6. The number of epoxide rings is 2. The zero-order valence-electron chi connectivity index (χ0n) is 18.1. The summed E-state index contributed by atoms with van der Waals surface area (Å²) < 4.78 is 12.2. The second kappa shape index (κ2) is 7.01. The molecule has 5 rings (SSSR count). The summed E-state index contributed by atoms with van der Waals surface area (Å²) in [5.74, 6) is 4.58. The fourth-order valence-corrected chi connectivity index (χ4v) is 7.78. The van der Waals surface area contributed by atoms with Crippen LogP contribution in [-0.4, -0.2) is 23.4 Å². The first-order valence-electron chi connectivity index (χ1n) is 12.3. The van der Waals surface area contributed by atoms with Crippen molar-refractivity contribution in [2.75, 3.05) is 0 Å². The average molecular weight is 375 g/mol. The lowest BCUT2D eigenvalue weighted by molar-refractivity contribution is 0.0744. The third kappa shape index (κ3) is 3.75. The van der Waals surface area contributed by atoms with Crippen LogP contribution in [0.5, 0.6) is 0 Å². The average Bonchev–Trinajstić information content (AvgIpc) is 3.53. The Kier molecular flexibility index (Phi) is 4.91. The summed E-state index contributed by atoms with van der Waals surface area (Å²) >= 11 is 0. The maximum absolute atomic E-state index is 6.09. The lowest BCUT2D eigenvalue weighted by atomic mass is 9.61. The summed E-state index contributed by atoms with van der Waals surface area (Å²) in [5, 5.41) is 0. The van der Waals surface area contributed by atoms with E-state index in [4.69, 9.17) is 9.47 Å². The number of hydrogen-bond donors (Lipinski definition) is 0. The van der Waals surface area contributed by atoms with Gasteiger partial charge < -0.3 is 9.47 Å². The Hall–Kier alpha value is -0.0800. The van der Waals surface area contributed by atoms with Gasteiger partial charge in [0.25, 0.3) is 0 Å². The number of ether oxygens (including phenoxy) is 2. The molecule has 2 nitrogen and oxygen atoms in total. The van der Waals surface area contributed by atoms with E-state index in [0.29, 0.717) is 12.2 Å². The number of rotatable bonds is 6. The molecule has 0 spiro atoms. The molecule has 3 saturated carbocycles. The van der Waals surface area contributed by atoms with Crippen molar-refractivity contribution in [1.82, 2.24) is 0 Å². The Morgan fingerprint density at radius 1 is 0.778 bits per heavy atom. The predicted molar refractivity (Wildman–Crippen MR) is 110 cm³/mol. The highest BCUT2D eigenvalue weighted by Crippen LogP contribution is 2.58. The predicted octanol–water partition coefficient (Wildman–Crippen LogP) is 6.51. The highest BCUT2D eigenvalue weighted by Gasteiger charge is 2.60. The lowest BCUT2D eigenvalue weighted by Gasteiger charge is -2.42. The van der Waals surface area contributed by atoms with Gasteiger partial charge in [-0.25, -0.2) is 0 Å². The molecule has 0 aromatic carbocycles. The van der Waals surface area contributed by atoms with E-state index in [0.717, 1.165) is 29.6 Å². The van der Waals surface area contributed by atoms with Crippen LogP contribution in [0, 0.1) is 29.6 Å². The number of hydrogen-bond acceptors (Lipinski definition) is 2. The molecule has 3 aliphatic carbocycles. The Morgan fingerprint density at radius 3 is 1.85 bits per heavy atom. The first-order valence-corrected chi connectivity index (χ1v) is 12.3. The van der Waals surface area contributed by atoms with Gasteiger partial charge in [-0.2, -0.15) is 0 Å². The van der Waals surface area contributed by atoms with Gasteiger partial charge in [0.1, 0.15) is 0 Å². The third-order valence-electron chi connectivity index (χ3n) is 9.51. The molecule has 0 N–H and O–H groups in total. The van der Waals surface area contributed by atoms with Crippen molar-refractivity contribution in [3.8, 4) is 0 Å². The molecule has 2 aliphatic heterocycles. The van der Waals surface area contributed by atoms with E-state index in [1.165, 1.54) is 83.5 Å². The fraction of sp³-hybridized carbons (Fsp3) is 1.00. The maximum Gasteiger partial charge on any atom is 0.0923 e. The molecule has 0 bridgehead atoms. The van der Waals surface area contributed by atoms with Gasteiger partial charge in [0.05, 0.1) is 23.4 Å². The van der Waals surface area contributed by atoms with E-state index in [1.807, 2.05) is 0 Å². The zero-order valence-corrected chi connectivity index (χ0v) is 18.1. The van der Waals surface area contributed by atoms with Crippen molar-refractivity contribution in [1.29, 1.82) is 0 Å². The molecular formula is C25H42O2. The Labute approximate surface area is 167 Å². The molecule has 154 valence electrons. The first-order chi connectivity index (χ1) is 13.0. The summed E-state index contributed by atoms with van der Waals surface area (Å²) in [6, 6.07) is 0. The third-order valence-corrected chi connectivity index (χ3v) is 9.51. The van der Waals surface area contributed by atoms with E-state index in [1.54, 1.807) is 0 Å². The molecule has 27 heavy (non-hydrogen) atoms. The molecule has 5 aliphatic rings. The molecule has 7 unspecified atom stereocenters. The van der Waals surface area contributed by atoms with Crippen molar-refractivity contribution < 1.29 is 9.47 Å². The molecule has 2 saturated heterocycles. The van der Waals surface area contributed by atoms with Gasteiger partial charge in [0, 0.05) is 0 Å². The fourth-order valence-electron chi connectivity index (χ4n) is 7.78. The molecule has 2 heterocycles. The van der Waals surface area contributed by atoms with Gasteiger partial charge in [-0.1, -0.05) is 51.9 Å². The first kappa shape index (κ1) is 18.9. The van der Waals surface area contributed by atoms with E-state index in [-0.39, 0.29) is 11.2 Å². The van der Waals surface area contributed by atoms with Crippen molar-refractivity contribution in [2.45, 2.75) is 128 Å². The van der Waals surface area contributed by atoms with Crippen LogP contribution in [0.4, 0.5) is 0 Å². The van der Waals surface area contributed by atoms with Crippen LogP contribution in [0.15, 0.2) is 0 Å². The summed E-state index contributed by atoms with van der Waals surface area (Å²) in [5.41, 5.74) is 0.475. The van der Waals surface area contributed by atoms with Gasteiger partial charge in [-0.3, -0.25) is 0 Å².